The van der Waals surface area contributed by atoms with Crippen molar-refractivity contribution in [3.8, 4) is 5.75 Å². The Labute approximate surface area is 373 Å². The van der Waals surface area contributed by atoms with Crippen LogP contribution < -0.4 is 9.64 Å². The minimum atomic E-state index is -0.859. The number of hydrogen-bond donors (Lipinski definition) is 0. The fraction of sp³-hybridized carbons (Fsp3) is 0.383. The molecule has 3 aromatic carbocycles. The monoisotopic (exact) mass is 922 g/mol. The second-order valence-corrected chi connectivity index (χ2v) is 19.0. The number of aromatic nitrogens is 4. The number of hydrogen-bond acceptors (Lipinski definition) is 10. The topological polar surface area (TPSA) is 130 Å². The first-order chi connectivity index (χ1) is 29.6. The normalized spacial score (nSPS) is 22.9. The predicted octanol–water partition coefficient (Wildman–Crippen LogP) is 10.6. The largest absolute Gasteiger partial charge is 0.497 e. The van der Waals surface area contributed by atoms with Crippen LogP contribution in [0.5, 0.6) is 5.75 Å². The molecule has 1 saturated carbocycles. The molecule has 322 valence electrons. The number of anilines is 1. The molecule has 0 bridgehead atoms. The molecule has 0 radical (unpaired) electrons. The van der Waals surface area contributed by atoms with Gasteiger partial charge in [0, 0.05) is 23.5 Å². The molecule has 15 heteroatoms. The summed E-state index contributed by atoms with van der Waals surface area (Å²) in [7, 11) is 1.61. The van der Waals surface area contributed by atoms with Gasteiger partial charge in [0.2, 0.25) is 0 Å². The van der Waals surface area contributed by atoms with Crippen LogP contribution in [0.15, 0.2) is 102 Å². The van der Waals surface area contributed by atoms with Crippen LogP contribution in [0.1, 0.15) is 76.2 Å². The number of likely N-dealkylation sites (tertiary alicyclic amines) is 1. The predicted molar refractivity (Wildman–Crippen MR) is 238 cm³/mol. The van der Waals surface area contributed by atoms with Crippen LogP contribution in [0, 0.1) is 5.41 Å². The van der Waals surface area contributed by atoms with E-state index in [4.69, 9.17) is 40.3 Å². The zero-order valence-electron chi connectivity index (χ0n) is 35.4. The highest BCUT2D eigenvalue weighted by Gasteiger charge is 2.66. The third kappa shape index (κ3) is 8.09. The van der Waals surface area contributed by atoms with Gasteiger partial charge < -0.3 is 33.2 Å². The zero-order chi connectivity index (χ0) is 43.6. The highest BCUT2D eigenvalue weighted by Crippen LogP contribution is 2.61. The van der Waals surface area contributed by atoms with Gasteiger partial charge in [-0.05, 0) is 110 Å². The number of rotatable bonds is 8. The van der Waals surface area contributed by atoms with Gasteiger partial charge in [0.25, 0.3) is 0 Å². The summed E-state index contributed by atoms with van der Waals surface area (Å²) in [5.41, 5.74) is 2.69. The number of methoxy groups -OCH3 is 1. The summed E-state index contributed by atoms with van der Waals surface area (Å²) in [6.45, 7) is 10.1. The zero-order valence-corrected chi connectivity index (χ0v) is 37.7. The fourth-order valence-electron chi connectivity index (χ4n) is 9.31. The second-order valence-electron chi connectivity index (χ2n) is 17.8. The highest BCUT2D eigenvalue weighted by atomic mass is 79.9. The summed E-state index contributed by atoms with van der Waals surface area (Å²) in [5, 5.41) is 1.98. The quantitative estimate of drug-likeness (QED) is 0.136. The Morgan fingerprint density at radius 3 is 2.48 bits per heavy atom. The highest BCUT2D eigenvalue weighted by molar-refractivity contribution is 9.10. The Morgan fingerprint density at radius 2 is 1.74 bits per heavy atom. The van der Waals surface area contributed by atoms with E-state index in [0.29, 0.717) is 51.7 Å². The number of pyridine rings is 1. The molecular formula is C47H48BrClN6O7. The molecule has 62 heavy (non-hydrogen) atoms. The SMILES string of the molecule is COc1ccc(CN(C(=O)OCc2ccccc2)c2nc3cc(C4C[C@]5(C[C@@H](n6ccc7c(Cl)ncnc76)[C@@H]6OC(C)(C)O[C@@H]65)CN4C(=O)OC(C)(C)C)ccc3cc2Br)cc1. The van der Waals surface area contributed by atoms with E-state index in [1.54, 1.807) is 7.11 Å². The maximum absolute atomic E-state index is 14.3. The van der Waals surface area contributed by atoms with Crippen molar-refractivity contribution in [2.45, 2.75) is 96.3 Å². The Kier molecular flexibility index (Phi) is 10.9. The molecule has 5 atom stereocenters. The van der Waals surface area contributed by atoms with Gasteiger partial charge in [-0.2, -0.15) is 0 Å². The van der Waals surface area contributed by atoms with E-state index >= 15 is 0 Å². The van der Waals surface area contributed by atoms with Gasteiger partial charge in [0.15, 0.2) is 11.6 Å². The van der Waals surface area contributed by atoms with E-state index in [2.05, 4.69) is 30.5 Å². The van der Waals surface area contributed by atoms with Crippen molar-refractivity contribution < 1.29 is 33.3 Å². The second kappa shape index (κ2) is 16.1. The maximum atomic E-state index is 14.3. The molecule has 1 aliphatic carbocycles. The summed E-state index contributed by atoms with van der Waals surface area (Å²) < 4.78 is 33.6. The number of amides is 2. The minimum Gasteiger partial charge on any atom is -0.497 e. The number of carbonyl (C=O) groups is 2. The van der Waals surface area contributed by atoms with Crippen molar-refractivity contribution in [3.63, 3.8) is 0 Å². The number of carbonyl (C=O) groups excluding carboxylic acids is 2. The molecule has 3 fully saturated rings. The van der Waals surface area contributed by atoms with Crippen LogP contribution in [-0.4, -0.2) is 73.9 Å². The summed E-state index contributed by atoms with van der Waals surface area (Å²) in [6.07, 6.45) is 3.03. The lowest BCUT2D eigenvalue weighted by atomic mass is 9.80. The van der Waals surface area contributed by atoms with Gasteiger partial charge >= 0.3 is 12.2 Å². The first-order valence-corrected chi connectivity index (χ1v) is 21.8. The lowest BCUT2D eigenvalue weighted by molar-refractivity contribution is -0.168. The first-order valence-electron chi connectivity index (χ1n) is 20.6. The van der Waals surface area contributed by atoms with Crippen molar-refractivity contribution in [2.75, 3.05) is 18.6 Å². The molecule has 5 heterocycles. The van der Waals surface area contributed by atoms with E-state index < -0.39 is 35.0 Å². The van der Waals surface area contributed by atoms with E-state index in [1.165, 1.54) is 11.2 Å². The van der Waals surface area contributed by atoms with Gasteiger partial charge in [-0.25, -0.2) is 24.5 Å². The maximum Gasteiger partial charge on any atom is 0.416 e. The minimum absolute atomic E-state index is 0.0920. The number of ether oxygens (including phenoxy) is 5. The molecule has 2 saturated heterocycles. The standard InChI is InChI=1S/C47H48BrClN6O7/c1-45(2,3)62-44(57)55-26-47(23-37(38-39(47)61-46(4,5)60-38)53-19-18-33-40(49)50-27-51-41(33)53)22-36(55)31-15-14-30-20-34(48)42(52-35(30)21-31)54(24-28-12-16-32(58-6)17-13-28)43(56)59-25-29-10-8-7-9-11-29/h7-21,27,36-39H,22-26H2,1-6H3/t36?,37-,38+,39+,47+/m1/s1. The molecule has 2 amide bonds. The fourth-order valence-corrected chi connectivity index (χ4v) is 10.1. The van der Waals surface area contributed by atoms with Crippen molar-refractivity contribution in [3.05, 3.63) is 124 Å². The van der Waals surface area contributed by atoms with Crippen LogP contribution in [-0.2, 0) is 32.1 Å². The lowest BCUT2D eigenvalue weighted by Gasteiger charge is -2.32. The molecule has 6 aromatic rings. The van der Waals surface area contributed by atoms with Crippen molar-refractivity contribution in [2.24, 2.45) is 5.41 Å². The van der Waals surface area contributed by atoms with E-state index in [1.807, 2.05) is 131 Å². The number of fused-ring (bicyclic) bond motifs is 4. The number of halogens is 2. The summed E-state index contributed by atoms with van der Waals surface area (Å²) in [6, 6.07) is 26.4. The van der Waals surface area contributed by atoms with Crippen molar-refractivity contribution in [1.29, 1.82) is 0 Å². The van der Waals surface area contributed by atoms with Crippen LogP contribution in [0.3, 0.4) is 0 Å². The van der Waals surface area contributed by atoms with Gasteiger partial charge in [-0.1, -0.05) is 66.2 Å². The van der Waals surface area contributed by atoms with E-state index in [9.17, 15) is 9.59 Å². The number of nitrogens with zero attached hydrogens (tertiary/aromatic N) is 6. The Morgan fingerprint density at radius 1 is 0.968 bits per heavy atom. The molecule has 13 nitrogen and oxygen atoms in total. The third-order valence-corrected chi connectivity index (χ3v) is 12.9. The molecule has 1 spiro atoms. The van der Waals surface area contributed by atoms with E-state index in [0.717, 1.165) is 27.5 Å². The van der Waals surface area contributed by atoms with Crippen molar-refractivity contribution >= 4 is 67.5 Å². The van der Waals surface area contributed by atoms with Gasteiger partial charge in [-0.3, -0.25) is 4.90 Å². The van der Waals surface area contributed by atoms with E-state index in [-0.39, 0.29) is 31.4 Å². The summed E-state index contributed by atoms with van der Waals surface area (Å²) >= 11 is 10.2. The average Bonchev–Trinajstić information content (AvgIpc) is 4.00. The average molecular weight is 924 g/mol. The Bertz CT molecular complexity index is 2660. The molecule has 3 aromatic heterocycles. The van der Waals surface area contributed by atoms with Crippen LogP contribution in [0.25, 0.3) is 21.9 Å². The molecule has 1 unspecified atom stereocenters. The summed E-state index contributed by atoms with van der Waals surface area (Å²) in [4.78, 5) is 45.7. The molecular weight excluding hydrogens is 876 g/mol. The van der Waals surface area contributed by atoms with Crippen molar-refractivity contribution in [1.82, 2.24) is 24.4 Å². The first kappa shape index (κ1) is 42.0. The Hall–Kier alpha value is -5.28. The number of benzene rings is 3. The van der Waals surface area contributed by atoms with Crippen LogP contribution in [0.4, 0.5) is 15.4 Å². The Balaban J connectivity index is 1.09. The summed E-state index contributed by atoms with van der Waals surface area (Å²) in [5.74, 6) is 0.233. The van der Waals surface area contributed by atoms with Crippen LogP contribution >= 0.6 is 27.5 Å². The molecule has 3 aliphatic rings. The third-order valence-electron chi connectivity index (χ3n) is 12.0. The lowest BCUT2D eigenvalue weighted by Crippen LogP contribution is -2.41. The molecule has 9 rings (SSSR count). The van der Waals surface area contributed by atoms with Crippen LogP contribution in [0.2, 0.25) is 5.15 Å². The van der Waals surface area contributed by atoms with Gasteiger partial charge in [-0.15, -0.1) is 0 Å². The smallest absolute Gasteiger partial charge is 0.416 e. The molecule has 2 aliphatic heterocycles. The molecule has 0 N–H and O–H groups in total. The van der Waals surface area contributed by atoms with Gasteiger partial charge in [0.1, 0.15) is 41.2 Å². The van der Waals surface area contributed by atoms with Gasteiger partial charge in [0.05, 0.1) is 47.2 Å².